The van der Waals surface area contributed by atoms with Crippen molar-refractivity contribution in [3.05, 3.63) is 157 Å². The molecule has 11 heteroatoms. The number of allylic oxidation sites excluding steroid dienone is 1. The fraction of sp³-hybridized carbons (Fsp3) is 0.404. The first kappa shape index (κ1) is 44.9. The first-order chi connectivity index (χ1) is 33.0. The number of rotatable bonds is 9. The highest BCUT2D eigenvalue weighted by molar-refractivity contribution is 7.15. The predicted octanol–water partition coefficient (Wildman–Crippen LogP) is 12.7. The third-order valence-electron chi connectivity index (χ3n) is 16.1. The monoisotopic (exact) mass is 944 g/mol. The lowest BCUT2D eigenvalue weighted by Gasteiger charge is -2.55. The van der Waals surface area contributed by atoms with Crippen LogP contribution >= 0.6 is 22.9 Å². The van der Waals surface area contributed by atoms with Gasteiger partial charge in [-0.05, 0) is 186 Å². The molecule has 1 atom stereocenters. The van der Waals surface area contributed by atoms with E-state index in [0.29, 0.717) is 16.9 Å². The molecule has 0 unspecified atom stereocenters. The van der Waals surface area contributed by atoms with Gasteiger partial charge in [0.05, 0.1) is 18.4 Å². The minimum atomic E-state index is -0.906. The highest BCUT2D eigenvalue weighted by Gasteiger charge is 2.45. The maximum Gasteiger partial charge on any atom is 0.335 e. The molecule has 4 aromatic carbocycles. The summed E-state index contributed by atoms with van der Waals surface area (Å²) in [6.45, 7) is 14.4. The van der Waals surface area contributed by atoms with E-state index in [9.17, 15) is 9.90 Å². The molecule has 6 aromatic rings. The van der Waals surface area contributed by atoms with Crippen LogP contribution in [-0.2, 0) is 6.42 Å². The van der Waals surface area contributed by atoms with E-state index in [-0.39, 0.29) is 6.04 Å². The summed E-state index contributed by atoms with van der Waals surface area (Å²) in [7, 11) is 1.77. The number of thiophene rings is 1. The lowest BCUT2D eigenvalue weighted by molar-refractivity contribution is 0.0696. The van der Waals surface area contributed by atoms with E-state index in [1.165, 1.54) is 70.1 Å². The van der Waals surface area contributed by atoms with Crippen molar-refractivity contribution in [2.24, 2.45) is 16.3 Å². The Morgan fingerprint density at radius 1 is 0.882 bits per heavy atom. The maximum absolute atomic E-state index is 12.0. The van der Waals surface area contributed by atoms with Gasteiger partial charge >= 0.3 is 5.97 Å². The number of likely N-dealkylation sites (tertiary alicyclic amines) is 1. The topological polar surface area (TPSA) is 96.1 Å². The van der Waals surface area contributed by atoms with Gasteiger partial charge in [0.2, 0.25) is 0 Å². The summed E-state index contributed by atoms with van der Waals surface area (Å²) in [6.07, 6.45) is 10.1. The summed E-state index contributed by atoms with van der Waals surface area (Å²) in [5.74, 6) is 3.01. The molecular weight excluding hydrogens is 884 g/mol. The van der Waals surface area contributed by atoms with E-state index in [1.807, 2.05) is 48.6 Å². The zero-order valence-corrected chi connectivity index (χ0v) is 41.5. The Morgan fingerprint density at radius 3 is 2.37 bits per heavy atom. The van der Waals surface area contributed by atoms with Gasteiger partial charge in [0.25, 0.3) is 0 Å². The molecule has 1 saturated carbocycles. The number of hydrogen-bond acceptors (Lipinski definition) is 8. The number of aliphatic imine (C=N–C) groups is 1. The number of ether oxygens (including phenoxy) is 1. The summed E-state index contributed by atoms with van der Waals surface area (Å²) in [5, 5.41) is 20.7. The van der Waals surface area contributed by atoms with Crippen LogP contribution < -0.4 is 9.64 Å². The highest BCUT2D eigenvalue weighted by atomic mass is 35.5. The highest BCUT2D eigenvalue weighted by Crippen LogP contribution is 2.49. The fourth-order valence-electron chi connectivity index (χ4n) is 12.2. The summed E-state index contributed by atoms with van der Waals surface area (Å²) in [5.41, 5.74) is 14.5. The summed E-state index contributed by atoms with van der Waals surface area (Å²) in [4.78, 5) is 23.9. The van der Waals surface area contributed by atoms with E-state index in [2.05, 4.69) is 93.9 Å². The molecule has 5 aliphatic rings. The van der Waals surface area contributed by atoms with Crippen molar-refractivity contribution >= 4 is 51.5 Å². The molecule has 1 spiro atoms. The number of halogens is 1. The van der Waals surface area contributed by atoms with E-state index in [4.69, 9.17) is 21.3 Å². The molecule has 0 amide bonds. The number of aryl methyl sites for hydroxylation is 3. The van der Waals surface area contributed by atoms with Gasteiger partial charge in [0, 0.05) is 57.3 Å². The number of hydrogen-bond donors (Lipinski definition) is 1. The van der Waals surface area contributed by atoms with Crippen molar-refractivity contribution in [2.75, 3.05) is 44.7 Å². The molecule has 2 aliphatic carbocycles. The molecule has 11 rings (SSSR count). The number of carbonyl (C=O) groups is 1. The van der Waals surface area contributed by atoms with Crippen molar-refractivity contribution in [1.29, 1.82) is 0 Å². The predicted molar refractivity (Wildman–Crippen MR) is 276 cm³/mol. The van der Waals surface area contributed by atoms with Gasteiger partial charge in [-0.25, -0.2) is 4.79 Å². The van der Waals surface area contributed by atoms with Crippen LogP contribution in [0.3, 0.4) is 0 Å². The minimum Gasteiger partial charge on any atom is -0.496 e. The van der Waals surface area contributed by atoms with Crippen LogP contribution in [0.15, 0.2) is 89.9 Å². The summed E-state index contributed by atoms with van der Waals surface area (Å²) in [6, 6.07) is 29.5. The van der Waals surface area contributed by atoms with Gasteiger partial charge in [-0.1, -0.05) is 60.1 Å². The largest absolute Gasteiger partial charge is 0.496 e. The van der Waals surface area contributed by atoms with Crippen LogP contribution in [0.5, 0.6) is 5.75 Å². The Morgan fingerprint density at radius 2 is 1.63 bits per heavy atom. The Bertz CT molecular complexity index is 2980. The van der Waals surface area contributed by atoms with Crippen molar-refractivity contribution < 1.29 is 14.6 Å². The van der Waals surface area contributed by atoms with Crippen LogP contribution in [-0.4, -0.2) is 76.3 Å². The second-order valence-corrected chi connectivity index (χ2v) is 21.9. The van der Waals surface area contributed by atoms with Crippen LogP contribution in [0, 0.1) is 32.1 Å². The number of aromatic carboxylic acids is 1. The van der Waals surface area contributed by atoms with Crippen molar-refractivity contribution in [2.45, 2.75) is 97.4 Å². The summed E-state index contributed by atoms with van der Waals surface area (Å²) >= 11 is 8.69. The van der Waals surface area contributed by atoms with E-state index in [0.717, 1.165) is 126 Å². The molecule has 0 bridgehead atoms. The van der Waals surface area contributed by atoms with Gasteiger partial charge in [-0.2, -0.15) is 0 Å². The van der Waals surface area contributed by atoms with Crippen LogP contribution in [0.1, 0.15) is 142 Å². The van der Waals surface area contributed by atoms with E-state index in [1.54, 1.807) is 13.2 Å². The van der Waals surface area contributed by atoms with Crippen LogP contribution in [0.4, 0.5) is 5.69 Å². The number of piperidine rings is 1. The van der Waals surface area contributed by atoms with E-state index < -0.39 is 5.97 Å². The second kappa shape index (κ2) is 18.1. The fourth-order valence-corrected chi connectivity index (χ4v) is 13.7. The zero-order valence-electron chi connectivity index (χ0n) is 39.9. The molecule has 9 nitrogen and oxygen atoms in total. The van der Waals surface area contributed by atoms with Gasteiger partial charge in [0.1, 0.15) is 22.6 Å². The first-order valence-electron chi connectivity index (χ1n) is 24.7. The number of methoxy groups -OCH3 is 1. The average molecular weight is 946 g/mol. The smallest absolute Gasteiger partial charge is 0.335 e. The van der Waals surface area contributed by atoms with Crippen LogP contribution in [0.2, 0.25) is 5.02 Å². The normalized spacial score (nSPS) is 19.7. The van der Waals surface area contributed by atoms with E-state index >= 15 is 0 Å². The molecule has 2 saturated heterocycles. The average Bonchev–Trinajstić information content (AvgIpc) is 3.75. The lowest BCUT2D eigenvalue weighted by atomic mass is 9.65. The molecule has 350 valence electrons. The van der Waals surface area contributed by atoms with Crippen molar-refractivity contribution in [3.63, 3.8) is 0 Å². The quantitative estimate of drug-likeness (QED) is 0.154. The van der Waals surface area contributed by atoms with Crippen molar-refractivity contribution in [3.8, 4) is 10.8 Å². The Kier molecular flexibility index (Phi) is 11.9. The molecule has 0 radical (unpaired) electrons. The maximum atomic E-state index is 12.0. The van der Waals surface area contributed by atoms with Gasteiger partial charge in [-0.3, -0.25) is 9.56 Å². The zero-order chi connectivity index (χ0) is 46.8. The van der Waals surface area contributed by atoms with Crippen LogP contribution in [0.25, 0.3) is 16.1 Å². The third-order valence-corrected chi connectivity index (χ3v) is 17.7. The Hall–Kier alpha value is -5.55. The number of fused-ring (bicyclic) bond motifs is 4. The Balaban J connectivity index is 0.714. The number of nitrogens with zero attached hydrogens (tertiary/aromatic N) is 6. The molecular formula is C57H61ClN6O3S. The minimum absolute atomic E-state index is 0.0815. The SMILES string of the molecule is COc1cc(C2CCN(CC3CCC4(CC3)CN(c3ccc(C5=N[C@@H](C)c6nnc(C)n6-c6sc(C)c(C)c65)cc3)C4)CC2)ccc1C1=C(c2ccccc2Cl)CCCc2cc(C(=O)O)ccc21. The molecule has 1 N–H and O–H groups in total. The lowest BCUT2D eigenvalue weighted by Crippen LogP contribution is -2.58. The number of carboxylic acids is 1. The molecule has 68 heavy (non-hydrogen) atoms. The van der Waals surface area contributed by atoms with Gasteiger partial charge in [0.15, 0.2) is 5.82 Å². The molecule has 5 heterocycles. The second-order valence-electron chi connectivity index (χ2n) is 20.3. The number of benzene rings is 4. The van der Waals surface area contributed by atoms with Gasteiger partial charge in [-0.15, -0.1) is 21.5 Å². The standard InChI is InChI=1S/C57H61ClN6O3S/c1-34-36(3)68-55-51(34)53(59-35(2)54-61-60-37(4)64(54)55)40-13-17-44(18-14-40)63-32-57(33-63)25-21-38(22-26-57)31-62-27-23-39(24-28-62)41-15-20-48(50(30-41)67-5)52-45-19-16-43(56(65)66)29-42(45)9-8-11-47(52)46-10-6-7-12-49(46)58/h6-7,10,12-20,29-30,35,38-39H,8-9,11,21-28,31-33H2,1-5H3,(H,65,66)/t35-/m0/s1. The number of anilines is 1. The number of carboxylic acid groups (broad SMARTS) is 1. The van der Waals surface area contributed by atoms with Gasteiger partial charge < -0.3 is 19.6 Å². The Labute approximate surface area is 409 Å². The summed E-state index contributed by atoms with van der Waals surface area (Å²) < 4.78 is 8.43. The molecule has 3 fully saturated rings. The number of aromatic nitrogens is 3. The van der Waals surface area contributed by atoms with Crippen molar-refractivity contribution in [1.82, 2.24) is 19.7 Å². The molecule has 3 aliphatic heterocycles. The third kappa shape index (κ3) is 8.10. The molecule has 2 aromatic heterocycles. The first-order valence-corrected chi connectivity index (χ1v) is 25.9.